The second-order valence-corrected chi connectivity index (χ2v) is 7.60. The number of amides is 1. The van der Waals surface area contributed by atoms with E-state index in [0.29, 0.717) is 19.0 Å². The number of hydrogen-bond acceptors (Lipinski definition) is 2. The summed E-state index contributed by atoms with van der Waals surface area (Å²) in [6.45, 7) is 10.0. The topological polar surface area (TPSA) is 56.7 Å². The van der Waals surface area contributed by atoms with Crippen LogP contribution in [-0.4, -0.2) is 49.0 Å². The summed E-state index contributed by atoms with van der Waals surface area (Å²) in [5.74, 6) is 2.80. The molecule has 2 fully saturated rings. The molecule has 1 aliphatic heterocycles. The molecular weight excluding hydrogens is 427 g/mol. The van der Waals surface area contributed by atoms with Crippen LogP contribution in [0.4, 0.5) is 0 Å². The van der Waals surface area contributed by atoms with Gasteiger partial charge in [-0.1, -0.05) is 13.8 Å². The average Bonchev–Trinajstić information content (AvgIpc) is 3.10. The van der Waals surface area contributed by atoms with Crippen LogP contribution in [0.2, 0.25) is 0 Å². The lowest BCUT2D eigenvalue weighted by molar-refractivity contribution is -0.129. The normalized spacial score (nSPS) is 24.2. The predicted octanol–water partition coefficient (Wildman–Crippen LogP) is 3.39. The minimum Gasteiger partial charge on any atom is -0.357 e. The van der Waals surface area contributed by atoms with Gasteiger partial charge in [-0.05, 0) is 57.3 Å². The summed E-state index contributed by atoms with van der Waals surface area (Å²) in [6.07, 6.45) is 7.89. The molecular formula is C19H37IN4O. The summed E-state index contributed by atoms with van der Waals surface area (Å²) in [7, 11) is 0. The van der Waals surface area contributed by atoms with Gasteiger partial charge in [0.1, 0.15) is 0 Å². The van der Waals surface area contributed by atoms with Gasteiger partial charge < -0.3 is 15.5 Å². The molecule has 0 aromatic rings. The fraction of sp³-hybridized carbons (Fsp3) is 0.895. The summed E-state index contributed by atoms with van der Waals surface area (Å²) in [5.41, 5.74) is 0. The Morgan fingerprint density at radius 1 is 1.16 bits per heavy atom. The maximum atomic E-state index is 12.1. The van der Waals surface area contributed by atoms with Gasteiger partial charge in [0.2, 0.25) is 5.91 Å². The van der Waals surface area contributed by atoms with Crippen LogP contribution in [-0.2, 0) is 4.79 Å². The molecule has 2 rings (SSSR count). The second-order valence-electron chi connectivity index (χ2n) is 7.60. The summed E-state index contributed by atoms with van der Waals surface area (Å²) in [5, 5.41) is 6.89. The van der Waals surface area contributed by atoms with Crippen LogP contribution in [0.15, 0.2) is 4.99 Å². The van der Waals surface area contributed by atoms with Gasteiger partial charge in [-0.25, -0.2) is 0 Å². The Hall–Kier alpha value is -0.530. The van der Waals surface area contributed by atoms with Gasteiger partial charge in [-0.15, -0.1) is 24.0 Å². The number of carbonyl (C=O) groups is 1. The van der Waals surface area contributed by atoms with Crippen molar-refractivity contribution in [1.82, 2.24) is 15.5 Å². The third kappa shape index (κ3) is 7.71. The smallest absolute Gasteiger partial charge is 0.224 e. The highest BCUT2D eigenvalue weighted by atomic mass is 127. The predicted molar refractivity (Wildman–Crippen MR) is 116 cm³/mol. The molecule has 6 heteroatoms. The molecule has 0 aromatic carbocycles. The third-order valence-electron chi connectivity index (χ3n) is 5.45. The average molecular weight is 464 g/mol. The van der Waals surface area contributed by atoms with Crippen molar-refractivity contribution in [3.63, 3.8) is 0 Å². The first-order chi connectivity index (χ1) is 11.6. The van der Waals surface area contributed by atoms with Crippen LogP contribution in [0, 0.1) is 11.8 Å². The molecule has 1 aliphatic carbocycles. The van der Waals surface area contributed by atoms with Crippen molar-refractivity contribution < 1.29 is 4.79 Å². The number of aliphatic imine (C=N–C) groups is 1. The highest BCUT2D eigenvalue weighted by molar-refractivity contribution is 14.0. The lowest BCUT2D eigenvalue weighted by Gasteiger charge is -2.32. The number of nitrogens with zero attached hydrogens (tertiary/aromatic N) is 2. The molecule has 2 N–H and O–H groups in total. The Morgan fingerprint density at radius 3 is 2.36 bits per heavy atom. The molecule has 1 saturated carbocycles. The monoisotopic (exact) mass is 464 g/mol. The molecule has 5 nitrogen and oxygen atoms in total. The number of hydrogen-bond donors (Lipinski definition) is 2. The standard InChI is InChI=1S/C19H36N4O.HI/c1-4-20-19(21-12-11-18(24)23-13-5-6-14-23)22-17-9-7-16(8-10-17)15(2)3;/h15-17H,4-14H2,1-3H3,(H2,20,21,22);1H. The van der Waals surface area contributed by atoms with Crippen LogP contribution in [0.5, 0.6) is 0 Å². The first-order valence-corrected chi connectivity index (χ1v) is 9.92. The van der Waals surface area contributed by atoms with E-state index in [4.69, 9.17) is 0 Å². The van der Waals surface area contributed by atoms with Crippen molar-refractivity contribution in [3.8, 4) is 0 Å². The number of halogens is 1. The maximum absolute atomic E-state index is 12.1. The third-order valence-corrected chi connectivity index (χ3v) is 5.45. The van der Waals surface area contributed by atoms with Crippen molar-refractivity contribution >= 4 is 35.8 Å². The minimum atomic E-state index is 0. The zero-order chi connectivity index (χ0) is 17.4. The summed E-state index contributed by atoms with van der Waals surface area (Å²) in [4.78, 5) is 18.7. The van der Waals surface area contributed by atoms with Gasteiger partial charge in [0.15, 0.2) is 5.96 Å². The molecule has 0 bridgehead atoms. The van der Waals surface area contributed by atoms with Crippen LogP contribution in [0.1, 0.15) is 65.7 Å². The van der Waals surface area contributed by atoms with E-state index in [2.05, 4.69) is 36.4 Å². The number of nitrogens with one attached hydrogen (secondary N) is 2. The van der Waals surface area contributed by atoms with Gasteiger partial charge in [-0.2, -0.15) is 0 Å². The Bertz CT molecular complexity index is 414. The molecule has 0 aromatic heterocycles. The van der Waals surface area contributed by atoms with Gasteiger partial charge in [0.05, 0.1) is 6.54 Å². The maximum Gasteiger partial charge on any atom is 0.224 e. The van der Waals surface area contributed by atoms with Gasteiger partial charge in [-0.3, -0.25) is 9.79 Å². The van der Waals surface area contributed by atoms with Crippen molar-refractivity contribution in [2.75, 3.05) is 26.2 Å². The summed E-state index contributed by atoms with van der Waals surface area (Å²) in [6, 6.07) is 0.520. The highest BCUT2D eigenvalue weighted by Gasteiger charge is 2.23. The highest BCUT2D eigenvalue weighted by Crippen LogP contribution is 2.29. The Labute approximate surface area is 170 Å². The van der Waals surface area contributed by atoms with Crippen molar-refractivity contribution in [1.29, 1.82) is 0 Å². The van der Waals surface area contributed by atoms with E-state index < -0.39 is 0 Å². The molecule has 0 spiro atoms. The fourth-order valence-corrected chi connectivity index (χ4v) is 3.83. The number of guanidine groups is 1. The largest absolute Gasteiger partial charge is 0.357 e. The Balaban J connectivity index is 0.00000312. The summed E-state index contributed by atoms with van der Waals surface area (Å²) >= 11 is 0. The van der Waals surface area contributed by atoms with E-state index in [1.807, 2.05) is 4.90 Å². The van der Waals surface area contributed by atoms with Crippen LogP contribution in [0.25, 0.3) is 0 Å². The lowest BCUT2D eigenvalue weighted by atomic mass is 9.80. The van der Waals surface area contributed by atoms with Gasteiger partial charge >= 0.3 is 0 Å². The van der Waals surface area contributed by atoms with E-state index >= 15 is 0 Å². The first kappa shape index (κ1) is 22.5. The molecule has 0 atom stereocenters. The van der Waals surface area contributed by atoms with Gasteiger partial charge in [0.25, 0.3) is 0 Å². The molecule has 1 saturated heterocycles. The Morgan fingerprint density at radius 2 is 1.80 bits per heavy atom. The van der Waals surface area contributed by atoms with Crippen LogP contribution < -0.4 is 10.6 Å². The zero-order valence-corrected chi connectivity index (χ0v) is 18.6. The van der Waals surface area contributed by atoms with E-state index in [1.54, 1.807) is 0 Å². The first-order valence-electron chi connectivity index (χ1n) is 9.92. The molecule has 146 valence electrons. The molecule has 2 aliphatic rings. The van der Waals surface area contributed by atoms with E-state index in [1.165, 1.54) is 25.7 Å². The molecule has 25 heavy (non-hydrogen) atoms. The van der Waals surface area contributed by atoms with E-state index in [0.717, 1.165) is 50.3 Å². The van der Waals surface area contributed by atoms with Crippen LogP contribution >= 0.6 is 24.0 Å². The quantitative estimate of drug-likeness (QED) is 0.360. The van der Waals surface area contributed by atoms with Crippen molar-refractivity contribution in [2.45, 2.75) is 71.8 Å². The minimum absolute atomic E-state index is 0. The molecule has 1 heterocycles. The lowest BCUT2D eigenvalue weighted by Crippen LogP contribution is -2.45. The SMILES string of the molecule is CCNC(=NCCC(=O)N1CCCC1)NC1CCC(C(C)C)CC1.I. The number of rotatable bonds is 6. The molecule has 0 unspecified atom stereocenters. The molecule has 1 amide bonds. The van der Waals surface area contributed by atoms with Crippen LogP contribution in [0.3, 0.4) is 0 Å². The summed E-state index contributed by atoms with van der Waals surface area (Å²) < 4.78 is 0. The van der Waals surface area contributed by atoms with Crippen molar-refractivity contribution in [3.05, 3.63) is 0 Å². The molecule has 0 radical (unpaired) electrons. The van der Waals surface area contributed by atoms with Crippen molar-refractivity contribution in [2.24, 2.45) is 16.8 Å². The fourth-order valence-electron chi connectivity index (χ4n) is 3.83. The number of carbonyl (C=O) groups excluding carboxylic acids is 1. The zero-order valence-electron chi connectivity index (χ0n) is 16.2. The van der Waals surface area contributed by atoms with E-state index in [-0.39, 0.29) is 29.9 Å². The number of likely N-dealkylation sites (tertiary alicyclic amines) is 1. The Kier molecular flexibility index (Phi) is 10.8. The second kappa shape index (κ2) is 12.0. The van der Waals surface area contributed by atoms with Gasteiger partial charge in [0, 0.05) is 32.1 Å². The van der Waals surface area contributed by atoms with E-state index in [9.17, 15) is 4.79 Å².